The van der Waals surface area contributed by atoms with Crippen LogP contribution < -0.4 is 0 Å². The van der Waals surface area contributed by atoms with Crippen LogP contribution in [0.15, 0.2) is 30.3 Å². The molecule has 20 N–H and O–H groups in total. The van der Waals surface area contributed by atoms with Crippen LogP contribution in [0.25, 0.3) is 0 Å². The van der Waals surface area contributed by atoms with E-state index >= 15 is 0 Å². The first-order valence-corrected chi connectivity index (χ1v) is 28.6. The van der Waals surface area contributed by atoms with E-state index in [4.69, 9.17) is 66.3 Å². The molecule has 14 bridgehead atoms. The van der Waals surface area contributed by atoms with Crippen molar-refractivity contribution in [3.8, 4) is 0 Å². The van der Waals surface area contributed by atoms with E-state index in [0.717, 1.165) is 10.5 Å². The number of aliphatic hydroxyl groups excluding tert-OH is 20. The average Bonchev–Trinajstić information content (AvgIpc) is 1.78. The van der Waals surface area contributed by atoms with Gasteiger partial charge in [-0.05, 0) is 12.0 Å². The van der Waals surface area contributed by atoms with E-state index in [0.29, 0.717) is 0 Å². The highest BCUT2D eigenvalue weighted by Crippen LogP contribution is 2.39. The summed E-state index contributed by atoms with van der Waals surface area (Å²) in [5.74, 6) is -0.487. The Morgan fingerprint density at radius 1 is 0.318 bits per heavy atom. The van der Waals surface area contributed by atoms with Crippen LogP contribution in [0.1, 0.15) is 12.0 Å². The molecule has 36 heteroatoms. The summed E-state index contributed by atoms with van der Waals surface area (Å²) in [7, 11) is 1.35. The van der Waals surface area contributed by atoms with E-state index in [1.807, 2.05) is 0 Å². The summed E-state index contributed by atoms with van der Waals surface area (Å²) in [6, 6.07) is 8.91. The summed E-state index contributed by atoms with van der Waals surface area (Å²) < 4.78 is 81.4. The summed E-state index contributed by atoms with van der Waals surface area (Å²) in [6.07, 6.45) is -70.6. The van der Waals surface area contributed by atoms with Gasteiger partial charge in [0.1, 0.15) is 171 Å². The standard InChI is InChI=1S/C52H81NO35/c1-53(24(60)8-7-16-5-3-2-4-6-16)9-17-39-25(61)32(68)46(75-17)83-40-18(10-54)77-48(34(70)27(40)63)85-42-20(12-56)79-50(36(72)29(42)65)87-44-22(14-58)81-52(38(74)31(44)67)88-45-23(15-59)80-51(37(73)30(45)66)86-43-21(13-57)78-49(35(71)28(43)64)84-41-19(11-55)76-47(82-39)33(69)26(41)62/h2-6,17-23,25-52,54-59,61-74H,7-15H2,1H3/t17-,18-,19-,20-,21-,22-,23-,25-,26-,27-,28-,29-,30-,31-,32-,33-,34-,35-,36-,37-,38-,39-,40-,41-,42-,43-,44-,45-,46-,47-,48-,49-,50-,51-,52-/m1/s1. The van der Waals surface area contributed by atoms with Gasteiger partial charge < -0.3 is 173 Å². The molecule has 21 fully saturated rings. The molecule has 0 spiro atoms. The molecule has 0 unspecified atom stereocenters. The third-order valence-electron chi connectivity index (χ3n) is 17.0. The van der Waals surface area contributed by atoms with Gasteiger partial charge in [-0.1, -0.05) is 30.3 Å². The topological polar surface area (TPSA) is 554 Å². The highest BCUT2D eigenvalue weighted by Gasteiger charge is 2.60. The molecule has 0 aromatic heterocycles. The van der Waals surface area contributed by atoms with Gasteiger partial charge >= 0.3 is 0 Å². The van der Waals surface area contributed by atoms with Gasteiger partial charge in [0.25, 0.3) is 0 Å². The van der Waals surface area contributed by atoms with E-state index < -0.39 is 267 Å². The number of aryl methyl sites for hydroxylation is 1. The molecule has 0 aliphatic carbocycles. The maximum absolute atomic E-state index is 13.7. The molecule has 21 aliphatic heterocycles. The van der Waals surface area contributed by atoms with Gasteiger partial charge in [0.2, 0.25) is 5.91 Å². The number of amides is 1. The Labute approximate surface area is 500 Å². The molecule has 21 saturated heterocycles. The SMILES string of the molecule is CN(C[C@H]1O[C@@H]2O[C@H]3[C@H](O)[C@@H](O)[C@@H](O[C@H]4[C@H](O)[C@@H](O)[C@@H](O[C@H]5[C@H](O)[C@@H](O)[C@@H](O[C@H]6[C@H](O)[C@@H](O)[C@@H](O[C@H]7[C@H](O)[C@@H](O)[C@@H](O[C@H]8[C@H](O)[C@@H](O)[C@@H](O[C@H]1[C@H](O)[C@H]2O)O[C@@H]8CO)O[C@@H]7CO)O[C@@H]6CO)O[C@@H]5CO)O[C@@H]4CO)O[C@@H]3CO)C(=O)CCc1ccccc1. The number of aliphatic hydroxyl groups is 20. The highest BCUT2D eigenvalue weighted by atomic mass is 16.8. The molecule has 0 radical (unpaired) electrons. The summed E-state index contributed by atoms with van der Waals surface area (Å²) >= 11 is 0. The summed E-state index contributed by atoms with van der Waals surface area (Å²) in [5.41, 5.74) is 0.805. The number of likely N-dealkylation sites (N-methyl/N-ethyl adjacent to an activating group) is 1. The lowest BCUT2D eigenvalue weighted by atomic mass is 9.95. The van der Waals surface area contributed by atoms with Crippen molar-refractivity contribution >= 4 is 5.91 Å². The smallest absolute Gasteiger partial charge is 0.222 e. The second-order valence-electron chi connectivity index (χ2n) is 22.7. The number of carbonyl (C=O) groups is 1. The van der Waals surface area contributed by atoms with Crippen molar-refractivity contribution in [2.24, 2.45) is 0 Å². The molecule has 0 saturated carbocycles. The van der Waals surface area contributed by atoms with Gasteiger partial charge in [-0.15, -0.1) is 0 Å². The fourth-order valence-corrected chi connectivity index (χ4v) is 11.9. The largest absolute Gasteiger partial charge is 0.394 e. The quantitative estimate of drug-likeness (QED) is 0.0978. The Hall–Kier alpha value is -2.67. The Balaban J connectivity index is 1.01. The molecule has 21 heterocycles. The minimum absolute atomic E-state index is 0.0651. The second-order valence-corrected chi connectivity index (χ2v) is 22.7. The van der Waals surface area contributed by atoms with Crippen LogP contribution in [-0.4, -0.2) is 381 Å². The predicted octanol–water partition coefficient (Wildman–Crippen LogP) is -13.1. The highest BCUT2D eigenvalue weighted by molar-refractivity contribution is 5.76. The molecule has 22 rings (SSSR count). The zero-order chi connectivity index (χ0) is 63.7. The Morgan fingerprint density at radius 2 is 0.523 bits per heavy atom. The van der Waals surface area contributed by atoms with Crippen LogP contribution in [0, 0.1) is 0 Å². The maximum atomic E-state index is 13.7. The summed E-state index contributed by atoms with van der Waals surface area (Å²) in [6.45, 7) is -6.86. The molecule has 1 aromatic rings. The number of hydrogen-bond donors (Lipinski definition) is 20. The first-order valence-electron chi connectivity index (χ1n) is 28.6. The van der Waals surface area contributed by atoms with Crippen LogP contribution in [0.2, 0.25) is 0 Å². The van der Waals surface area contributed by atoms with Crippen molar-refractivity contribution in [3.63, 3.8) is 0 Å². The van der Waals surface area contributed by atoms with Crippen LogP contribution in [-0.2, 0) is 77.5 Å². The van der Waals surface area contributed by atoms with Gasteiger partial charge in [0.05, 0.1) is 39.6 Å². The van der Waals surface area contributed by atoms with E-state index in [2.05, 4.69) is 0 Å². The first kappa shape index (κ1) is 69.7. The van der Waals surface area contributed by atoms with Crippen LogP contribution >= 0.6 is 0 Å². The molecule has 1 amide bonds. The lowest BCUT2D eigenvalue weighted by molar-refractivity contribution is -0.396. The third-order valence-corrected chi connectivity index (χ3v) is 17.0. The second kappa shape index (κ2) is 30.2. The summed E-state index contributed by atoms with van der Waals surface area (Å²) in [5, 5.41) is 224. The number of rotatable bonds is 11. The van der Waals surface area contributed by atoms with Crippen molar-refractivity contribution in [1.82, 2.24) is 4.90 Å². The Morgan fingerprint density at radius 3 is 0.739 bits per heavy atom. The minimum atomic E-state index is -2.24. The van der Waals surface area contributed by atoms with E-state index in [1.54, 1.807) is 30.3 Å². The monoisotopic (exact) mass is 1280 g/mol. The normalized spacial score (nSPS) is 49.8. The van der Waals surface area contributed by atoms with Crippen molar-refractivity contribution < 1.29 is 173 Å². The average molecular weight is 1280 g/mol. The fraction of sp³-hybridized carbons (Fsp3) is 0.865. The lowest BCUT2D eigenvalue weighted by Gasteiger charge is -2.50. The first-order chi connectivity index (χ1) is 42.0. The fourth-order valence-electron chi connectivity index (χ4n) is 11.9. The van der Waals surface area contributed by atoms with Gasteiger partial charge in [-0.2, -0.15) is 0 Å². The van der Waals surface area contributed by atoms with Crippen molar-refractivity contribution in [3.05, 3.63) is 35.9 Å². The molecule has 35 atom stereocenters. The van der Waals surface area contributed by atoms with Gasteiger partial charge in [-0.3, -0.25) is 4.79 Å². The number of benzene rings is 1. The van der Waals surface area contributed by atoms with Gasteiger partial charge in [0, 0.05) is 20.0 Å². The van der Waals surface area contributed by atoms with Crippen LogP contribution in [0.3, 0.4) is 0 Å². The molecular formula is C52H81NO35. The number of ether oxygens (including phenoxy) is 14. The van der Waals surface area contributed by atoms with Crippen molar-refractivity contribution in [2.45, 2.75) is 228 Å². The van der Waals surface area contributed by atoms with Crippen LogP contribution in [0.4, 0.5) is 0 Å². The molecule has 1 aromatic carbocycles. The van der Waals surface area contributed by atoms with Crippen molar-refractivity contribution in [2.75, 3.05) is 53.2 Å². The number of carbonyl (C=O) groups excluding carboxylic acids is 1. The molecule has 504 valence electrons. The summed E-state index contributed by atoms with van der Waals surface area (Å²) in [4.78, 5) is 14.8. The third kappa shape index (κ3) is 14.4. The number of hydrogen-bond acceptors (Lipinski definition) is 35. The van der Waals surface area contributed by atoms with Gasteiger partial charge in [0.15, 0.2) is 44.0 Å². The zero-order valence-corrected chi connectivity index (χ0v) is 47.0. The van der Waals surface area contributed by atoms with E-state index in [1.165, 1.54) is 7.05 Å². The molecular weight excluding hydrogens is 1200 g/mol. The maximum Gasteiger partial charge on any atom is 0.222 e. The Kier molecular flexibility index (Phi) is 23.9. The van der Waals surface area contributed by atoms with E-state index in [9.17, 15) is 107 Å². The van der Waals surface area contributed by atoms with E-state index in [-0.39, 0.29) is 12.8 Å². The molecule has 21 aliphatic rings. The van der Waals surface area contributed by atoms with Gasteiger partial charge in [-0.25, -0.2) is 0 Å². The van der Waals surface area contributed by atoms with Crippen LogP contribution in [0.5, 0.6) is 0 Å². The van der Waals surface area contributed by atoms with Crippen molar-refractivity contribution in [1.29, 1.82) is 0 Å². The zero-order valence-electron chi connectivity index (χ0n) is 47.0. The molecule has 36 nitrogen and oxygen atoms in total. The number of nitrogens with zero attached hydrogens (tertiary/aromatic N) is 1. The molecule has 88 heavy (non-hydrogen) atoms. The lowest BCUT2D eigenvalue weighted by Crippen LogP contribution is -2.68. The Bertz CT molecular complexity index is 2310. The minimum Gasteiger partial charge on any atom is -0.394 e. The predicted molar refractivity (Wildman–Crippen MR) is 274 cm³/mol.